The summed E-state index contributed by atoms with van der Waals surface area (Å²) in [6.07, 6.45) is 1.35. The van der Waals surface area contributed by atoms with Gasteiger partial charge in [0.2, 0.25) is 11.8 Å². The molecule has 30 heavy (non-hydrogen) atoms. The fraction of sp³-hybridized carbons (Fsp3) is 0.545. The maximum absolute atomic E-state index is 13.0. The van der Waals surface area contributed by atoms with Crippen molar-refractivity contribution in [1.29, 1.82) is 0 Å². The second-order valence-corrected chi connectivity index (χ2v) is 8.81. The largest absolute Gasteiger partial charge is 0.330 e. The minimum Gasteiger partial charge on any atom is -0.330 e. The van der Waals surface area contributed by atoms with Crippen LogP contribution in [0.1, 0.15) is 59.4 Å². The number of benzene rings is 1. The average Bonchev–Trinajstić information content (AvgIpc) is 2.94. The maximum Gasteiger partial charge on any atom is 0.262 e. The molecule has 8 heteroatoms. The summed E-state index contributed by atoms with van der Waals surface area (Å²) < 4.78 is 0. The van der Waals surface area contributed by atoms with Gasteiger partial charge < -0.3 is 5.73 Å². The van der Waals surface area contributed by atoms with E-state index in [4.69, 9.17) is 5.73 Å². The van der Waals surface area contributed by atoms with Gasteiger partial charge >= 0.3 is 0 Å². The molecule has 1 aromatic carbocycles. The van der Waals surface area contributed by atoms with Crippen molar-refractivity contribution < 1.29 is 19.2 Å². The fourth-order valence-corrected chi connectivity index (χ4v) is 4.92. The van der Waals surface area contributed by atoms with Gasteiger partial charge in [-0.05, 0) is 55.8 Å². The number of rotatable bonds is 4. The third kappa shape index (κ3) is 3.54. The third-order valence-corrected chi connectivity index (χ3v) is 6.80. The lowest BCUT2D eigenvalue weighted by Crippen LogP contribution is -2.54. The van der Waals surface area contributed by atoms with Gasteiger partial charge in [-0.3, -0.25) is 34.3 Å². The molecule has 4 amide bonds. The van der Waals surface area contributed by atoms with Gasteiger partial charge in [-0.1, -0.05) is 13.0 Å². The number of nitrogens with zero attached hydrogens (tertiary/aromatic N) is 2. The van der Waals surface area contributed by atoms with E-state index in [1.807, 2.05) is 6.07 Å². The van der Waals surface area contributed by atoms with Crippen LogP contribution in [0.5, 0.6) is 0 Å². The average molecular weight is 412 g/mol. The molecule has 8 nitrogen and oxygen atoms in total. The smallest absolute Gasteiger partial charge is 0.262 e. The molecule has 0 bridgehead atoms. The molecule has 0 aromatic heterocycles. The van der Waals surface area contributed by atoms with E-state index in [-0.39, 0.29) is 18.7 Å². The van der Waals surface area contributed by atoms with Crippen LogP contribution in [0.25, 0.3) is 0 Å². The summed E-state index contributed by atoms with van der Waals surface area (Å²) >= 11 is 0. The van der Waals surface area contributed by atoms with Gasteiger partial charge in [0.05, 0.1) is 11.1 Å². The molecule has 3 aliphatic heterocycles. The van der Waals surface area contributed by atoms with Crippen LogP contribution in [-0.4, -0.2) is 58.6 Å². The van der Waals surface area contributed by atoms with Crippen molar-refractivity contribution in [3.63, 3.8) is 0 Å². The van der Waals surface area contributed by atoms with Gasteiger partial charge in [-0.25, -0.2) is 0 Å². The molecule has 2 saturated heterocycles. The zero-order chi connectivity index (χ0) is 21.6. The molecule has 160 valence electrons. The molecular weight excluding hydrogens is 384 g/mol. The summed E-state index contributed by atoms with van der Waals surface area (Å²) in [7, 11) is 0. The van der Waals surface area contributed by atoms with Gasteiger partial charge in [-0.2, -0.15) is 0 Å². The Bertz CT molecular complexity index is 914. The van der Waals surface area contributed by atoms with Gasteiger partial charge in [0, 0.05) is 25.6 Å². The number of imide groups is 2. The maximum atomic E-state index is 13.0. The molecule has 4 atom stereocenters. The molecule has 4 unspecified atom stereocenters. The summed E-state index contributed by atoms with van der Waals surface area (Å²) in [6.45, 7) is 6.69. The number of amides is 4. The third-order valence-electron chi connectivity index (χ3n) is 6.80. The second-order valence-electron chi connectivity index (χ2n) is 8.81. The first-order valence-corrected chi connectivity index (χ1v) is 10.6. The molecule has 0 radical (unpaired) electrons. The predicted molar refractivity (Wildman–Crippen MR) is 109 cm³/mol. The number of likely N-dealkylation sites (tertiary alicyclic amines) is 1. The lowest BCUT2D eigenvalue weighted by atomic mass is 9.83. The molecule has 3 N–H and O–H groups in total. The van der Waals surface area contributed by atoms with Crippen LogP contribution in [0, 0.1) is 11.8 Å². The van der Waals surface area contributed by atoms with Crippen molar-refractivity contribution in [3.8, 4) is 0 Å². The molecule has 3 heterocycles. The Morgan fingerprint density at radius 1 is 1.10 bits per heavy atom. The number of fused-ring (bicyclic) bond motifs is 1. The number of hydrogen-bond acceptors (Lipinski definition) is 6. The van der Waals surface area contributed by atoms with Crippen molar-refractivity contribution >= 4 is 23.6 Å². The minimum atomic E-state index is -0.938. The normalized spacial score (nSPS) is 29.9. The van der Waals surface area contributed by atoms with Crippen molar-refractivity contribution in [2.75, 3.05) is 13.1 Å². The number of hydrogen-bond donors (Lipinski definition) is 2. The Morgan fingerprint density at radius 3 is 2.53 bits per heavy atom. The van der Waals surface area contributed by atoms with E-state index in [1.54, 1.807) is 12.1 Å². The minimum absolute atomic E-state index is 0.114. The molecule has 1 aromatic rings. The SMILES string of the molecule is CC1CC(C)N(Cc2ccc3c(c2)C(=O)N(C2CCC(=O)NC2=O)C3=O)CC1CN. The Labute approximate surface area is 175 Å². The Kier molecular flexibility index (Phi) is 5.46. The van der Waals surface area contributed by atoms with Gasteiger partial charge in [0.1, 0.15) is 6.04 Å². The standard InChI is InChI=1S/C22H28N4O4/c1-12-7-13(2)25(11-15(12)9-23)10-14-3-4-16-17(8-14)22(30)26(21(16)29)18-5-6-19(27)24-20(18)28/h3-4,8,12-13,15,18H,5-7,9-11,23H2,1-2H3,(H,24,27,28). The monoisotopic (exact) mass is 412 g/mol. The van der Waals surface area contributed by atoms with Crippen LogP contribution in [0.4, 0.5) is 0 Å². The van der Waals surface area contributed by atoms with E-state index in [0.717, 1.165) is 23.4 Å². The van der Waals surface area contributed by atoms with Crippen LogP contribution in [0.15, 0.2) is 18.2 Å². The van der Waals surface area contributed by atoms with Crippen LogP contribution < -0.4 is 11.1 Å². The van der Waals surface area contributed by atoms with Gasteiger partial charge in [-0.15, -0.1) is 0 Å². The number of piperidine rings is 2. The first-order chi connectivity index (χ1) is 14.3. The van der Waals surface area contributed by atoms with Gasteiger partial charge in [0.15, 0.2) is 0 Å². The summed E-state index contributed by atoms with van der Waals surface area (Å²) in [5.41, 5.74) is 7.54. The van der Waals surface area contributed by atoms with Crippen molar-refractivity contribution in [2.24, 2.45) is 17.6 Å². The molecule has 3 aliphatic rings. The van der Waals surface area contributed by atoms with Crippen LogP contribution in [-0.2, 0) is 16.1 Å². The van der Waals surface area contributed by atoms with Crippen molar-refractivity contribution in [3.05, 3.63) is 34.9 Å². The predicted octanol–water partition coefficient (Wildman–Crippen LogP) is 0.893. The van der Waals surface area contributed by atoms with Crippen LogP contribution in [0.3, 0.4) is 0 Å². The number of carbonyl (C=O) groups excluding carboxylic acids is 4. The van der Waals surface area contributed by atoms with E-state index < -0.39 is 23.8 Å². The summed E-state index contributed by atoms with van der Waals surface area (Å²) in [5, 5.41) is 2.22. The highest BCUT2D eigenvalue weighted by atomic mass is 16.2. The van der Waals surface area contributed by atoms with E-state index >= 15 is 0 Å². The number of nitrogens with two attached hydrogens (primary N) is 1. The second kappa shape index (κ2) is 7.92. The lowest BCUT2D eigenvalue weighted by Gasteiger charge is -2.41. The highest BCUT2D eigenvalue weighted by Crippen LogP contribution is 2.31. The molecule has 2 fully saturated rings. The lowest BCUT2D eigenvalue weighted by molar-refractivity contribution is -0.136. The number of nitrogens with one attached hydrogen (secondary N) is 1. The van der Waals surface area contributed by atoms with Crippen LogP contribution in [0.2, 0.25) is 0 Å². The van der Waals surface area contributed by atoms with E-state index in [1.165, 1.54) is 0 Å². The topological polar surface area (TPSA) is 113 Å². The van der Waals surface area contributed by atoms with Crippen LogP contribution >= 0.6 is 0 Å². The number of carbonyl (C=O) groups is 4. The zero-order valence-corrected chi connectivity index (χ0v) is 17.4. The summed E-state index contributed by atoms with van der Waals surface area (Å²) in [6, 6.07) is 4.79. The molecule has 0 aliphatic carbocycles. The summed E-state index contributed by atoms with van der Waals surface area (Å²) in [5.74, 6) is -0.878. The summed E-state index contributed by atoms with van der Waals surface area (Å²) in [4.78, 5) is 52.8. The zero-order valence-electron chi connectivity index (χ0n) is 17.4. The van der Waals surface area contributed by atoms with E-state index in [0.29, 0.717) is 42.1 Å². The highest BCUT2D eigenvalue weighted by Gasteiger charge is 2.44. The molecular formula is C22H28N4O4. The molecule has 0 saturated carbocycles. The van der Waals surface area contributed by atoms with Crippen molar-refractivity contribution in [1.82, 2.24) is 15.1 Å². The van der Waals surface area contributed by atoms with E-state index in [9.17, 15) is 19.2 Å². The molecule has 0 spiro atoms. The highest BCUT2D eigenvalue weighted by molar-refractivity contribution is 6.23. The Balaban J connectivity index is 1.53. The first kappa shape index (κ1) is 20.7. The van der Waals surface area contributed by atoms with E-state index in [2.05, 4.69) is 24.1 Å². The first-order valence-electron chi connectivity index (χ1n) is 10.6. The quantitative estimate of drug-likeness (QED) is 0.711. The van der Waals surface area contributed by atoms with Gasteiger partial charge in [0.25, 0.3) is 11.8 Å². The van der Waals surface area contributed by atoms with Crippen molar-refractivity contribution in [2.45, 2.75) is 51.7 Å². The molecule has 4 rings (SSSR count). The Morgan fingerprint density at radius 2 is 1.83 bits per heavy atom. The Hall–Kier alpha value is -2.58. The fourth-order valence-electron chi connectivity index (χ4n) is 4.92.